The molecule has 0 fully saturated rings. The van der Waals surface area contributed by atoms with Crippen LogP contribution in [0.2, 0.25) is 5.02 Å². The zero-order valence-corrected chi connectivity index (χ0v) is 18.1. The van der Waals surface area contributed by atoms with Crippen LogP contribution in [0.3, 0.4) is 0 Å². The van der Waals surface area contributed by atoms with Crippen LogP contribution < -0.4 is 0 Å². The number of hydrogen-bond acceptors (Lipinski definition) is 0. The Balaban J connectivity index is 1.69. The quantitative estimate of drug-likeness (QED) is 0.265. The van der Waals surface area contributed by atoms with E-state index in [-0.39, 0.29) is 0 Å². The van der Waals surface area contributed by atoms with Crippen molar-refractivity contribution < 1.29 is 0 Å². The minimum absolute atomic E-state index is 0.738. The lowest BCUT2D eigenvalue weighted by Crippen LogP contribution is -1.98. The Morgan fingerprint density at radius 1 is 0.469 bits per heavy atom. The zero-order valence-electron chi connectivity index (χ0n) is 17.4. The van der Waals surface area contributed by atoms with E-state index in [1.165, 1.54) is 27.4 Å². The van der Waals surface area contributed by atoms with Gasteiger partial charge in [0, 0.05) is 21.4 Å². The van der Waals surface area contributed by atoms with Crippen LogP contribution in [0, 0.1) is 0 Å². The van der Waals surface area contributed by atoms with Crippen LogP contribution in [0.4, 0.5) is 0 Å². The molecule has 0 radical (unpaired) electrons. The van der Waals surface area contributed by atoms with E-state index in [9.17, 15) is 0 Å². The van der Waals surface area contributed by atoms with E-state index < -0.39 is 0 Å². The lowest BCUT2D eigenvalue weighted by Gasteiger charge is -2.17. The Hall–Kier alpha value is -3.81. The lowest BCUT2D eigenvalue weighted by atomic mass is 9.93. The Morgan fingerprint density at radius 3 is 1.78 bits per heavy atom. The van der Waals surface area contributed by atoms with Gasteiger partial charge in [-0.25, -0.2) is 0 Å². The predicted octanol–water partition coefficient (Wildman–Crippen LogP) is 8.77. The average Bonchev–Trinajstić information content (AvgIpc) is 3.19. The highest BCUT2D eigenvalue weighted by Crippen LogP contribution is 2.40. The second-order valence-corrected chi connectivity index (χ2v) is 8.38. The van der Waals surface area contributed by atoms with Crippen LogP contribution in [0.25, 0.3) is 49.7 Å². The number of benzene rings is 5. The van der Waals surface area contributed by atoms with E-state index in [1.54, 1.807) is 0 Å². The van der Waals surface area contributed by atoms with Crippen molar-refractivity contribution in [1.29, 1.82) is 0 Å². The summed E-state index contributed by atoms with van der Waals surface area (Å²) >= 11 is 6.44. The van der Waals surface area contributed by atoms with Crippen molar-refractivity contribution in [2.24, 2.45) is 0 Å². The number of nitrogens with zero attached hydrogens (tertiary/aromatic N) is 1. The molecule has 0 amide bonds. The normalized spacial score (nSPS) is 11.3. The molecular formula is C30H20ClN. The van der Waals surface area contributed by atoms with Gasteiger partial charge in [0.05, 0.1) is 16.7 Å². The molecule has 0 spiro atoms. The number of hydrogen-bond donors (Lipinski definition) is 0. The van der Waals surface area contributed by atoms with Crippen LogP contribution in [0.1, 0.15) is 0 Å². The van der Waals surface area contributed by atoms with Gasteiger partial charge in [0.25, 0.3) is 0 Å². The highest BCUT2D eigenvalue weighted by Gasteiger charge is 2.17. The Labute approximate surface area is 192 Å². The summed E-state index contributed by atoms with van der Waals surface area (Å²) in [7, 11) is 0. The molecule has 6 aromatic rings. The smallest absolute Gasteiger partial charge is 0.0541 e. The van der Waals surface area contributed by atoms with Gasteiger partial charge in [-0.15, -0.1) is 0 Å². The van der Waals surface area contributed by atoms with Crippen molar-refractivity contribution in [3.63, 3.8) is 0 Å². The first-order chi connectivity index (χ1) is 15.8. The summed E-state index contributed by atoms with van der Waals surface area (Å²) < 4.78 is 2.38. The first kappa shape index (κ1) is 18.9. The second kappa shape index (κ2) is 7.71. The molecule has 0 saturated carbocycles. The van der Waals surface area contributed by atoms with Crippen LogP contribution in [0.5, 0.6) is 0 Å². The van der Waals surface area contributed by atoms with Gasteiger partial charge in [0.2, 0.25) is 0 Å². The van der Waals surface area contributed by atoms with Crippen molar-refractivity contribution in [3.8, 4) is 27.9 Å². The molecule has 0 aliphatic rings. The molecule has 0 aliphatic carbocycles. The van der Waals surface area contributed by atoms with E-state index in [0.29, 0.717) is 0 Å². The van der Waals surface area contributed by atoms with Gasteiger partial charge in [-0.1, -0.05) is 103 Å². The SMILES string of the molecule is Clc1ccc(-c2ccccc2-n2c3ccccc3c3ccccc32)c(-c2ccccc2)c1. The molecule has 1 heterocycles. The van der Waals surface area contributed by atoms with Crippen LogP contribution >= 0.6 is 11.6 Å². The summed E-state index contributed by atoms with van der Waals surface area (Å²) in [6, 6.07) is 42.5. The number of para-hydroxylation sites is 3. The summed E-state index contributed by atoms with van der Waals surface area (Å²) in [5.41, 5.74) is 8.19. The van der Waals surface area contributed by atoms with Crippen molar-refractivity contribution >= 4 is 33.4 Å². The van der Waals surface area contributed by atoms with Crippen LogP contribution in [-0.2, 0) is 0 Å². The maximum atomic E-state index is 6.44. The summed E-state index contributed by atoms with van der Waals surface area (Å²) in [5.74, 6) is 0. The van der Waals surface area contributed by atoms with Gasteiger partial charge in [-0.3, -0.25) is 0 Å². The molecule has 1 aromatic heterocycles. The summed E-state index contributed by atoms with van der Waals surface area (Å²) in [6.07, 6.45) is 0. The van der Waals surface area contributed by atoms with Gasteiger partial charge >= 0.3 is 0 Å². The van der Waals surface area contributed by atoms with Gasteiger partial charge in [0.1, 0.15) is 0 Å². The Morgan fingerprint density at radius 2 is 1.06 bits per heavy atom. The topological polar surface area (TPSA) is 4.93 Å². The third-order valence-corrected chi connectivity index (χ3v) is 6.32. The van der Waals surface area contributed by atoms with E-state index in [2.05, 4.69) is 114 Å². The highest BCUT2D eigenvalue weighted by molar-refractivity contribution is 6.31. The Kier molecular flexibility index (Phi) is 4.56. The molecular weight excluding hydrogens is 410 g/mol. The monoisotopic (exact) mass is 429 g/mol. The first-order valence-corrected chi connectivity index (χ1v) is 11.1. The number of halogens is 1. The molecule has 0 saturated heterocycles. The average molecular weight is 430 g/mol. The molecule has 32 heavy (non-hydrogen) atoms. The van der Waals surface area contributed by atoms with Crippen molar-refractivity contribution in [1.82, 2.24) is 4.57 Å². The lowest BCUT2D eigenvalue weighted by molar-refractivity contribution is 1.18. The molecule has 2 heteroatoms. The van der Waals surface area contributed by atoms with Crippen LogP contribution in [0.15, 0.2) is 121 Å². The number of fused-ring (bicyclic) bond motifs is 3. The van der Waals surface area contributed by atoms with Crippen molar-refractivity contribution in [2.75, 3.05) is 0 Å². The maximum absolute atomic E-state index is 6.44. The molecule has 1 nitrogen and oxygen atoms in total. The third-order valence-electron chi connectivity index (χ3n) is 6.08. The first-order valence-electron chi connectivity index (χ1n) is 10.7. The summed E-state index contributed by atoms with van der Waals surface area (Å²) in [6.45, 7) is 0. The second-order valence-electron chi connectivity index (χ2n) is 7.94. The van der Waals surface area contributed by atoms with Crippen molar-refractivity contribution in [3.05, 3.63) is 126 Å². The zero-order chi connectivity index (χ0) is 21.5. The van der Waals surface area contributed by atoms with E-state index in [1.807, 2.05) is 12.1 Å². The van der Waals surface area contributed by atoms with Gasteiger partial charge < -0.3 is 4.57 Å². The fourth-order valence-electron chi connectivity index (χ4n) is 4.69. The predicted molar refractivity (Wildman–Crippen MR) is 137 cm³/mol. The molecule has 6 rings (SSSR count). The van der Waals surface area contributed by atoms with Gasteiger partial charge in [-0.05, 0) is 47.0 Å². The summed E-state index contributed by atoms with van der Waals surface area (Å²) in [4.78, 5) is 0. The molecule has 0 N–H and O–H groups in total. The van der Waals surface area contributed by atoms with Crippen LogP contribution in [-0.4, -0.2) is 4.57 Å². The molecule has 0 atom stereocenters. The molecule has 0 aliphatic heterocycles. The molecule has 0 unspecified atom stereocenters. The van der Waals surface area contributed by atoms with Crippen molar-refractivity contribution in [2.45, 2.75) is 0 Å². The standard InChI is InChI=1S/C30H20ClN/c31-22-18-19-23(27(20-22)21-10-2-1-3-11-21)24-12-4-7-15-28(24)32-29-16-8-5-13-25(29)26-14-6-9-17-30(26)32/h1-20H. The van der Waals surface area contributed by atoms with Gasteiger partial charge in [-0.2, -0.15) is 0 Å². The van der Waals surface area contributed by atoms with E-state index >= 15 is 0 Å². The number of rotatable bonds is 3. The molecule has 152 valence electrons. The largest absolute Gasteiger partial charge is 0.309 e. The number of aromatic nitrogens is 1. The Bertz CT molecular complexity index is 1520. The van der Waals surface area contributed by atoms with Gasteiger partial charge in [0.15, 0.2) is 0 Å². The minimum Gasteiger partial charge on any atom is -0.309 e. The highest BCUT2D eigenvalue weighted by atomic mass is 35.5. The fourth-order valence-corrected chi connectivity index (χ4v) is 4.86. The fraction of sp³-hybridized carbons (Fsp3) is 0. The maximum Gasteiger partial charge on any atom is 0.0541 e. The third kappa shape index (κ3) is 3.02. The minimum atomic E-state index is 0.738. The molecule has 0 bridgehead atoms. The van der Waals surface area contributed by atoms with E-state index in [0.717, 1.165) is 27.4 Å². The summed E-state index contributed by atoms with van der Waals surface area (Å²) in [5, 5.41) is 3.26. The van der Waals surface area contributed by atoms with E-state index in [4.69, 9.17) is 11.6 Å². The molecule has 5 aromatic carbocycles.